The van der Waals surface area contributed by atoms with Crippen LogP contribution in [0, 0.1) is 5.82 Å². The first-order chi connectivity index (χ1) is 15.0. The van der Waals surface area contributed by atoms with Gasteiger partial charge in [-0.05, 0) is 24.5 Å². The second-order valence-corrected chi connectivity index (χ2v) is 11.1. The van der Waals surface area contributed by atoms with Crippen LogP contribution in [0.2, 0.25) is 0 Å². The summed E-state index contributed by atoms with van der Waals surface area (Å²) in [6.45, 7) is 0. The lowest BCUT2D eigenvalue weighted by Gasteiger charge is -2.41. The largest absolute Gasteiger partial charge is 0.389 e. The fourth-order valence-electron chi connectivity index (χ4n) is 5.09. The van der Waals surface area contributed by atoms with Crippen LogP contribution in [0.25, 0.3) is 0 Å². The summed E-state index contributed by atoms with van der Waals surface area (Å²) in [6, 6.07) is 25.0. The minimum atomic E-state index is -3.42. The summed E-state index contributed by atoms with van der Waals surface area (Å²) in [6.07, 6.45) is 1.87. The van der Waals surface area contributed by atoms with Crippen LogP contribution in [0.3, 0.4) is 0 Å². The molecule has 3 nitrogen and oxygen atoms in total. The highest BCUT2D eigenvalue weighted by atomic mass is 31.2. The fraction of sp³-hybridized carbons (Fsp3) is 0.308. The number of methoxy groups -OCH3 is 1. The molecule has 0 bridgehead atoms. The maximum atomic E-state index is 14.9. The van der Waals surface area contributed by atoms with Crippen molar-refractivity contribution < 1.29 is 18.8 Å². The molecule has 0 spiro atoms. The van der Waals surface area contributed by atoms with E-state index in [1.54, 1.807) is 18.2 Å². The molecule has 1 aliphatic carbocycles. The topological polar surface area (TPSA) is 46.5 Å². The molecule has 0 amide bonds. The molecule has 4 rings (SSSR count). The van der Waals surface area contributed by atoms with Crippen LogP contribution in [0.15, 0.2) is 84.9 Å². The van der Waals surface area contributed by atoms with Crippen molar-refractivity contribution in [3.05, 3.63) is 96.3 Å². The van der Waals surface area contributed by atoms with Crippen molar-refractivity contribution in [1.29, 1.82) is 0 Å². The van der Waals surface area contributed by atoms with Crippen LogP contribution in [0.4, 0.5) is 4.39 Å². The molecule has 0 saturated heterocycles. The summed E-state index contributed by atoms with van der Waals surface area (Å²) in [5, 5.41) is 13.1. The Morgan fingerprint density at radius 2 is 1.35 bits per heavy atom. The van der Waals surface area contributed by atoms with E-state index >= 15 is 0 Å². The highest BCUT2D eigenvalue weighted by molar-refractivity contribution is 7.79. The molecule has 1 N–H and O–H groups in total. The monoisotopic (exact) mass is 438 g/mol. The second kappa shape index (κ2) is 9.08. The zero-order valence-electron chi connectivity index (χ0n) is 17.7. The minimum absolute atomic E-state index is 0.340. The summed E-state index contributed by atoms with van der Waals surface area (Å²) >= 11 is 0. The number of ether oxygens (including phenoxy) is 1. The van der Waals surface area contributed by atoms with E-state index in [1.807, 2.05) is 60.7 Å². The van der Waals surface area contributed by atoms with E-state index < -0.39 is 24.5 Å². The molecule has 0 radical (unpaired) electrons. The highest BCUT2D eigenvalue weighted by Crippen LogP contribution is 2.56. The van der Waals surface area contributed by atoms with Crippen LogP contribution < -0.4 is 10.6 Å². The van der Waals surface area contributed by atoms with Crippen molar-refractivity contribution in [2.45, 2.75) is 43.0 Å². The van der Waals surface area contributed by atoms with Crippen molar-refractivity contribution in [1.82, 2.24) is 0 Å². The van der Waals surface area contributed by atoms with Gasteiger partial charge < -0.3 is 14.4 Å². The van der Waals surface area contributed by atoms with Crippen molar-refractivity contribution in [2.24, 2.45) is 0 Å². The molecule has 2 unspecified atom stereocenters. The van der Waals surface area contributed by atoms with E-state index in [9.17, 15) is 14.1 Å². The van der Waals surface area contributed by atoms with Crippen molar-refractivity contribution in [3.63, 3.8) is 0 Å². The normalized spacial score (nSPS) is 17.9. The van der Waals surface area contributed by atoms with E-state index in [1.165, 1.54) is 13.2 Å². The Morgan fingerprint density at radius 3 is 1.84 bits per heavy atom. The molecule has 0 heterocycles. The lowest BCUT2D eigenvalue weighted by atomic mass is 9.74. The van der Waals surface area contributed by atoms with Crippen LogP contribution in [-0.4, -0.2) is 24.2 Å². The molecule has 5 heteroatoms. The number of aliphatic hydroxyl groups excluding tert-OH is 1. The Bertz CT molecular complexity index is 1010. The van der Waals surface area contributed by atoms with Gasteiger partial charge in [0.1, 0.15) is 11.7 Å². The summed E-state index contributed by atoms with van der Waals surface area (Å²) in [4.78, 5) is 0. The van der Waals surface area contributed by atoms with E-state index in [2.05, 4.69) is 0 Å². The molecule has 31 heavy (non-hydrogen) atoms. The Hall–Kier alpha value is -2.26. The van der Waals surface area contributed by atoms with Gasteiger partial charge in [-0.2, -0.15) is 0 Å². The van der Waals surface area contributed by atoms with Crippen molar-refractivity contribution in [3.8, 4) is 0 Å². The fourth-order valence-corrected chi connectivity index (χ4v) is 8.18. The lowest BCUT2D eigenvalue weighted by Crippen LogP contribution is -2.48. The maximum absolute atomic E-state index is 14.9. The molecule has 0 aliphatic heterocycles. The molecule has 2 atom stereocenters. The summed E-state index contributed by atoms with van der Waals surface area (Å²) in [5.74, 6) is -1.34. The molecule has 3 aromatic carbocycles. The van der Waals surface area contributed by atoms with Crippen molar-refractivity contribution in [2.75, 3.05) is 7.11 Å². The summed E-state index contributed by atoms with van der Waals surface area (Å²) in [5.41, 5.74) is -0.361. The molecular formula is C26H28FO3P. The van der Waals surface area contributed by atoms with Gasteiger partial charge in [0.25, 0.3) is 0 Å². The first kappa shape index (κ1) is 22.0. The van der Waals surface area contributed by atoms with E-state index in [0.29, 0.717) is 29.0 Å². The van der Waals surface area contributed by atoms with Gasteiger partial charge in [0, 0.05) is 23.1 Å². The zero-order valence-corrected chi connectivity index (χ0v) is 18.5. The van der Waals surface area contributed by atoms with Gasteiger partial charge >= 0.3 is 0 Å². The third-order valence-electron chi connectivity index (χ3n) is 6.62. The first-order valence-electron chi connectivity index (χ1n) is 10.7. The second-order valence-electron chi connectivity index (χ2n) is 8.24. The summed E-state index contributed by atoms with van der Waals surface area (Å²) in [7, 11) is -1.93. The van der Waals surface area contributed by atoms with Gasteiger partial charge in [-0.25, -0.2) is 4.39 Å². The summed E-state index contributed by atoms with van der Waals surface area (Å²) < 4.78 is 35.6. The average molecular weight is 438 g/mol. The standard InChI is InChI=1S/C26H28FO3P/c1-30-25(24(28)26(18-10-11-19-26)22-16-8-9-17-23(22)27)31(29,20-12-4-2-5-13-20)21-14-6-3-7-15-21/h2-9,12-17,24-25,28H,10-11,18-19H2,1H3. The van der Waals surface area contributed by atoms with Gasteiger partial charge in [-0.3, -0.25) is 0 Å². The number of hydrogen-bond acceptors (Lipinski definition) is 3. The smallest absolute Gasteiger partial charge is 0.173 e. The zero-order chi connectivity index (χ0) is 21.9. The maximum Gasteiger partial charge on any atom is 0.173 e. The predicted molar refractivity (Wildman–Crippen MR) is 123 cm³/mol. The van der Waals surface area contributed by atoms with Crippen LogP contribution in [0.1, 0.15) is 31.2 Å². The Balaban J connectivity index is 1.88. The first-order valence-corrected chi connectivity index (χ1v) is 12.5. The molecule has 1 aliphatic rings. The average Bonchev–Trinajstić information content (AvgIpc) is 3.32. The van der Waals surface area contributed by atoms with Gasteiger partial charge in [-0.1, -0.05) is 91.7 Å². The quantitative estimate of drug-likeness (QED) is 0.529. The molecule has 1 saturated carbocycles. The van der Waals surface area contributed by atoms with Gasteiger partial charge in [0.05, 0.1) is 6.10 Å². The number of hydrogen-bond donors (Lipinski definition) is 1. The van der Waals surface area contributed by atoms with Crippen LogP contribution in [-0.2, 0) is 14.7 Å². The molecule has 0 aromatic heterocycles. The number of aliphatic hydroxyl groups is 1. The van der Waals surface area contributed by atoms with E-state index in [-0.39, 0.29) is 5.82 Å². The Morgan fingerprint density at radius 1 is 0.871 bits per heavy atom. The molecular weight excluding hydrogens is 410 g/mol. The van der Waals surface area contributed by atoms with Crippen LogP contribution >= 0.6 is 7.14 Å². The van der Waals surface area contributed by atoms with Gasteiger partial charge in [0.2, 0.25) is 0 Å². The molecule has 162 valence electrons. The number of benzene rings is 3. The Labute approximate surface area is 183 Å². The minimum Gasteiger partial charge on any atom is -0.389 e. The van der Waals surface area contributed by atoms with Crippen molar-refractivity contribution >= 4 is 17.8 Å². The Kier molecular flexibility index (Phi) is 6.43. The molecule has 3 aromatic rings. The van der Waals surface area contributed by atoms with E-state index in [4.69, 9.17) is 4.74 Å². The number of halogens is 1. The predicted octanol–water partition coefficient (Wildman–Crippen LogP) is 4.99. The molecule has 1 fully saturated rings. The highest BCUT2D eigenvalue weighted by Gasteiger charge is 2.52. The number of rotatable bonds is 7. The van der Waals surface area contributed by atoms with E-state index in [0.717, 1.165) is 12.8 Å². The van der Waals surface area contributed by atoms with Crippen LogP contribution in [0.5, 0.6) is 0 Å². The van der Waals surface area contributed by atoms with Gasteiger partial charge in [0.15, 0.2) is 7.14 Å². The van der Waals surface area contributed by atoms with Gasteiger partial charge in [-0.15, -0.1) is 0 Å². The SMILES string of the molecule is COC(C(O)C1(c2ccccc2F)CCCC1)P(=O)(c1ccccc1)c1ccccc1. The lowest BCUT2D eigenvalue weighted by molar-refractivity contribution is -0.0146. The third kappa shape index (κ3) is 3.78. The third-order valence-corrected chi connectivity index (χ3v) is 9.96.